The molecule has 11 heavy (non-hydrogen) atoms. The van der Waals surface area contributed by atoms with Gasteiger partial charge in [0.15, 0.2) is 0 Å². The van der Waals surface area contributed by atoms with Crippen LogP contribution < -0.4 is 0 Å². The topological polar surface area (TPSA) is 54.1 Å². The maximum atomic E-state index is 11.0. The van der Waals surface area contributed by atoms with Crippen LogP contribution in [-0.2, 0) is 4.79 Å². The molecule has 0 spiro atoms. The van der Waals surface area contributed by atoms with Crippen molar-refractivity contribution in [3.05, 3.63) is 12.3 Å². The van der Waals surface area contributed by atoms with Gasteiger partial charge in [-0.3, -0.25) is 9.79 Å². The number of amides is 1. The second-order valence-electron chi connectivity index (χ2n) is 2.23. The van der Waals surface area contributed by atoms with Crippen LogP contribution in [0.1, 0.15) is 0 Å². The molecule has 2 aliphatic heterocycles. The molecule has 0 bridgehead atoms. The summed E-state index contributed by atoms with van der Waals surface area (Å²) in [6.45, 7) is 0. The van der Waals surface area contributed by atoms with Crippen LogP contribution in [0.5, 0.6) is 0 Å². The lowest BCUT2D eigenvalue weighted by molar-refractivity contribution is -0.118. The molecule has 2 aliphatic rings. The maximum Gasteiger partial charge on any atom is 0.260 e. The number of carbonyl (C=O) groups excluding carboxylic acids is 1. The van der Waals surface area contributed by atoms with Gasteiger partial charge in [-0.2, -0.15) is 0 Å². The van der Waals surface area contributed by atoms with Gasteiger partial charge in [-0.15, -0.1) is 0 Å². The standard InChI is InChI=1S/C7H5N3O/c11-7-5-1-2-8-3-6(5)9-4-10-7/h1-5H. The number of hydrogen-bond acceptors (Lipinski definition) is 3. The van der Waals surface area contributed by atoms with Crippen molar-refractivity contribution in [1.82, 2.24) is 0 Å². The summed E-state index contributed by atoms with van der Waals surface area (Å²) >= 11 is 0. The predicted molar refractivity (Wildman–Crippen MR) is 42.1 cm³/mol. The van der Waals surface area contributed by atoms with Gasteiger partial charge in [0.2, 0.25) is 0 Å². The van der Waals surface area contributed by atoms with Crippen LogP contribution in [0.2, 0.25) is 0 Å². The molecule has 1 unspecified atom stereocenters. The fraction of sp³-hybridized carbons (Fsp3) is 0.143. The molecule has 1 atom stereocenters. The molecule has 2 heterocycles. The number of hydrogen-bond donors (Lipinski definition) is 0. The van der Waals surface area contributed by atoms with E-state index < -0.39 is 0 Å². The molecule has 0 N–H and O–H groups in total. The van der Waals surface area contributed by atoms with Gasteiger partial charge >= 0.3 is 0 Å². The first-order chi connectivity index (χ1) is 5.38. The van der Waals surface area contributed by atoms with E-state index >= 15 is 0 Å². The van der Waals surface area contributed by atoms with Gasteiger partial charge in [0.25, 0.3) is 5.91 Å². The largest absolute Gasteiger partial charge is 0.271 e. The van der Waals surface area contributed by atoms with E-state index in [0.717, 1.165) is 0 Å². The molecule has 4 nitrogen and oxygen atoms in total. The van der Waals surface area contributed by atoms with E-state index in [0.29, 0.717) is 5.71 Å². The Labute approximate surface area is 63.1 Å². The van der Waals surface area contributed by atoms with E-state index in [4.69, 9.17) is 0 Å². The van der Waals surface area contributed by atoms with Gasteiger partial charge in [-0.25, -0.2) is 9.98 Å². The van der Waals surface area contributed by atoms with Crippen molar-refractivity contribution in [3.8, 4) is 0 Å². The first-order valence-corrected chi connectivity index (χ1v) is 3.22. The van der Waals surface area contributed by atoms with Crippen LogP contribution in [0.3, 0.4) is 0 Å². The van der Waals surface area contributed by atoms with E-state index in [2.05, 4.69) is 15.0 Å². The van der Waals surface area contributed by atoms with Crippen molar-refractivity contribution in [3.63, 3.8) is 0 Å². The lowest BCUT2D eigenvalue weighted by Gasteiger charge is -2.12. The van der Waals surface area contributed by atoms with Gasteiger partial charge in [-0.05, 0) is 6.08 Å². The van der Waals surface area contributed by atoms with Crippen molar-refractivity contribution in [2.24, 2.45) is 20.9 Å². The molecule has 0 aromatic rings. The monoisotopic (exact) mass is 147 g/mol. The van der Waals surface area contributed by atoms with Gasteiger partial charge in [0.05, 0.1) is 5.71 Å². The minimum Gasteiger partial charge on any atom is -0.271 e. The summed E-state index contributed by atoms with van der Waals surface area (Å²) in [6.07, 6.45) is 6.12. The number of fused-ring (bicyclic) bond motifs is 1. The van der Waals surface area contributed by atoms with Crippen molar-refractivity contribution in [2.75, 3.05) is 0 Å². The molecule has 0 saturated heterocycles. The quantitative estimate of drug-likeness (QED) is 0.483. The Morgan fingerprint density at radius 1 is 1.45 bits per heavy atom. The van der Waals surface area contributed by atoms with E-state index in [-0.39, 0.29) is 11.8 Å². The van der Waals surface area contributed by atoms with Crippen LogP contribution in [0.4, 0.5) is 0 Å². The summed E-state index contributed by atoms with van der Waals surface area (Å²) < 4.78 is 0. The van der Waals surface area contributed by atoms with Gasteiger partial charge in [0, 0.05) is 12.4 Å². The lowest BCUT2D eigenvalue weighted by atomic mass is 10.0. The third kappa shape index (κ3) is 0.920. The summed E-state index contributed by atoms with van der Waals surface area (Å²) in [6, 6.07) is 0. The first kappa shape index (κ1) is 6.15. The first-order valence-electron chi connectivity index (χ1n) is 3.22. The SMILES string of the molecule is O=C1N=CN=C2C=NC=CC12. The second kappa shape index (κ2) is 2.23. The molecular weight excluding hydrogens is 142 g/mol. The molecule has 0 radical (unpaired) electrons. The fourth-order valence-electron chi connectivity index (χ4n) is 0.989. The summed E-state index contributed by atoms with van der Waals surface area (Å²) in [4.78, 5) is 22.3. The van der Waals surface area contributed by atoms with E-state index in [1.807, 2.05) is 0 Å². The molecule has 0 aliphatic carbocycles. The Hall–Kier alpha value is -1.58. The van der Waals surface area contributed by atoms with Crippen LogP contribution in [-0.4, -0.2) is 24.2 Å². The maximum absolute atomic E-state index is 11.0. The smallest absolute Gasteiger partial charge is 0.260 e. The van der Waals surface area contributed by atoms with Crippen LogP contribution in [0, 0.1) is 5.92 Å². The lowest BCUT2D eigenvalue weighted by Crippen LogP contribution is -2.26. The highest BCUT2D eigenvalue weighted by atomic mass is 16.1. The van der Waals surface area contributed by atoms with Gasteiger partial charge in [0.1, 0.15) is 12.3 Å². The normalized spacial score (nSPS) is 26.7. The number of carbonyl (C=O) groups is 1. The van der Waals surface area contributed by atoms with Crippen LogP contribution in [0.15, 0.2) is 27.3 Å². The minimum atomic E-state index is -0.294. The Kier molecular flexibility index (Phi) is 1.25. The Morgan fingerprint density at radius 3 is 3.18 bits per heavy atom. The van der Waals surface area contributed by atoms with Crippen LogP contribution >= 0.6 is 0 Å². The highest BCUT2D eigenvalue weighted by molar-refractivity contribution is 6.39. The highest BCUT2D eigenvalue weighted by Crippen LogP contribution is 2.10. The Bertz CT molecular complexity index is 312. The number of nitrogens with zero attached hydrogens (tertiary/aromatic N) is 3. The molecule has 0 saturated carbocycles. The highest BCUT2D eigenvalue weighted by Gasteiger charge is 2.23. The molecule has 0 fully saturated rings. The summed E-state index contributed by atoms with van der Waals surface area (Å²) in [5.41, 5.74) is 0.674. The molecule has 2 rings (SSSR count). The summed E-state index contributed by atoms with van der Waals surface area (Å²) in [5.74, 6) is -0.463. The second-order valence-corrected chi connectivity index (χ2v) is 2.23. The van der Waals surface area contributed by atoms with E-state index in [1.54, 1.807) is 18.5 Å². The number of aliphatic imine (C=N–C) groups is 3. The molecule has 54 valence electrons. The molecule has 0 aromatic heterocycles. The van der Waals surface area contributed by atoms with Crippen molar-refractivity contribution >= 4 is 24.2 Å². The Morgan fingerprint density at radius 2 is 2.36 bits per heavy atom. The van der Waals surface area contributed by atoms with Crippen molar-refractivity contribution in [2.45, 2.75) is 0 Å². The average molecular weight is 147 g/mol. The zero-order valence-electron chi connectivity index (χ0n) is 5.64. The zero-order valence-corrected chi connectivity index (χ0v) is 5.64. The third-order valence-electron chi connectivity index (χ3n) is 1.55. The summed E-state index contributed by atoms with van der Waals surface area (Å²) in [7, 11) is 0. The van der Waals surface area contributed by atoms with Crippen molar-refractivity contribution in [1.29, 1.82) is 0 Å². The minimum absolute atomic E-state index is 0.169. The predicted octanol–water partition coefficient (Wildman–Crippen LogP) is 0.210. The van der Waals surface area contributed by atoms with Gasteiger partial charge in [-0.1, -0.05) is 0 Å². The van der Waals surface area contributed by atoms with E-state index in [1.165, 1.54) is 6.34 Å². The summed E-state index contributed by atoms with van der Waals surface area (Å²) in [5, 5.41) is 0. The molecule has 1 amide bonds. The zero-order chi connectivity index (χ0) is 7.68. The van der Waals surface area contributed by atoms with Crippen molar-refractivity contribution < 1.29 is 4.79 Å². The van der Waals surface area contributed by atoms with E-state index in [9.17, 15) is 4.79 Å². The molecule has 4 heteroatoms. The Balaban J connectivity index is 2.43. The molecular formula is C7H5N3O. The number of rotatable bonds is 0. The van der Waals surface area contributed by atoms with Gasteiger partial charge < -0.3 is 0 Å². The third-order valence-corrected chi connectivity index (χ3v) is 1.55. The molecule has 0 aromatic carbocycles. The fourth-order valence-corrected chi connectivity index (χ4v) is 0.989. The van der Waals surface area contributed by atoms with Crippen LogP contribution in [0.25, 0.3) is 0 Å². The average Bonchev–Trinajstić information content (AvgIpc) is 2.06.